The van der Waals surface area contributed by atoms with Crippen molar-refractivity contribution in [1.82, 2.24) is 10.2 Å². The smallest absolute Gasteiger partial charge is 0.245 e. The zero-order valence-corrected chi connectivity index (χ0v) is 19.0. The highest BCUT2D eigenvalue weighted by Gasteiger charge is 2.38. The Morgan fingerprint density at radius 2 is 1.84 bits per heavy atom. The first-order valence-corrected chi connectivity index (χ1v) is 11.8. The van der Waals surface area contributed by atoms with Crippen LogP contribution in [0.4, 0.5) is 5.69 Å². The van der Waals surface area contributed by atoms with Gasteiger partial charge in [0.15, 0.2) is 11.5 Å². The lowest BCUT2D eigenvalue weighted by atomic mass is 9.95. The second-order valence-corrected chi connectivity index (χ2v) is 8.99. The lowest BCUT2D eigenvalue weighted by Crippen LogP contribution is -2.54. The third-order valence-corrected chi connectivity index (χ3v) is 6.78. The number of carbonyl (C=O) groups is 3. The van der Waals surface area contributed by atoms with Crippen LogP contribution in [0.1, 0.15) is 46.0 Å². The summed E-state index contributed by atoms with van der Waals surface area (Å²) in [7, 11) is 0. The zero-order valence-electron chi connectivity index (χ0n) is 19.0. The molecule has 0 saturated carbocycles. The Bertz CT molecular complexity index is 867. The van der Waals surface area contributed by atoms with Gasteiger partial charge in [-0.2, -0.15) is 0 Å². The van der Waals surface area contributed by atoms with Gasteiger partial charge < -0.3 is 24.6 Å². The molecule has 3 aliphatic heterocycles. The van der Waals surface area contributed by atoms with E-state index in [0.717, 1.165) is 38.8 Å². The topological polar surface area (TPSA) is 88.2 Å². The normalized spacial score (nSPS) is 22.4. The van der Waals surface area contributed by atoms with Crippen LogP contribution in [0.5, 0.6) is 11.5 Å². The van der Waals surface area contributed by atoms with Gasteiger partial charge in [-0.05, 0) is 37.3 Å². The summed E-state index contributed by atoms with van der Waals surface area (Å²) in [5.41, 5.74) is 0.692. The highest BCUT2D eigenvalue weighted by Crippen LogP contribution is 2.36. The number of nitrogens with zero attached hydrogens (tertiary/aromatic N) is 2. The first kappa shape index (κ1) is 22.4. The highest BCUT2D eigenvalue weighted by atomic mass is 16.6. The third-order valence-electron chi connectivity index (χ3n) is 6.78. The minimum Gasteiger partial charge on any atom is -0.486 e. The van der Waals surface area contributed by atoms with E-state index in [4.69, 9.17) is 9.47 Å². The Kier molecular flexibility index (Phi) is 6.86. The summed E-state index contributed by atoms with van der Waals surface area (Å²) in [4.78, 5) is 42.5. The van der Waals surface area contributed by atoms with Crippen LogP contribution in [-0.4, -0.2) is 61.5 Å². The van der Waals surface area contributed by atoms with E-state index in [-0.39, 0.29) is 36.6 Å². The second-order valence-electron chi connectivity index (χ2n) is 8.99. The minimum atomic E-state index is -0.552. The van der Waals surface area contributed by atoms with Crippen LogP contribution >= 0.6 is 0 Å². The van der Waals surface area contributed by atoms with Crippen LogP contribution in [0, 0.1) is 11.8 Å². The predicted octanol–water partition coefficient (Wildman–Crippen LogP) is 2.35. The molecule has 2 fully saturated rings. The fraction of sp³-hybridized carbons (Fsp3) is 0.625. The molecule has 8 heteroatoms. The second kappa shape index (κ2) is 9.79. The molecule has 3 aliphatic rings. The lowest BCUT2D eigenvalue weighted by molar-refractivity contribution is -0.139. The molecule has 0 radical (unpaired) electrons. The number of ether oxygens (including phenoxy) is 2. The van der Waals surface area contributed by atoms with Crippen LogP contribution in [-0.2, 0) is 14.4 Å². The maximum atomic E-state index is 13.1. The predicted molar refractivity (Wildman–Crippen MR) is 120 cm³/mol. The first-order valence-electron chi connectivity index (χ1n) is 11.8. The number of hydrogen-bond donors (Lipinski definition) is 1. The van der Waals surface area contributed by atoms with E-state index in [1.54, 1.807) is 17.0 Å². The van der Waals surface area contributed by atoms with Gasteiger partial charge in [0.25, 0.3) is 0 Å². The fourth-order valence-corrected chi connectivity index (χ4v) is 4.60. The summed E-state index contributed by atoms with van der Waals surface area (Å²) in [5.74, 6) is 0.474. The molecule has 4 rings (SSSR count). The van der Waals surface area contributed by atoms with E-state index in [2.05, 4.69) is 5.32 Å². The van der Waals surface area contributed by atoms with Crippen molar-refractivity contribution in [1.29, 1.82) is 0 Å². The Balaban J connectivity index is 1.43. The molecule has 2 saturated heterocycles. The Labute approximate surface area is 189 Å². The summed E-state index contributed by atoms with van der Waals surface area (Å²) in [5, 5.41) is 3.00. The lowest BCUT2D eigenvalue weighted by Gasteiger charge is -2.33. The molecule has 3 unspecified atom stereocenters. The van der Waals surface area contributed by atoms with Crippen LogP contribution in [0.15, 0.2) is 18.2 Å². The fourth-order valence-electron chi connectivity index (χ4n) is 4.60. The molecular formula is C24H33N3O5. The van der Waals surface area contributed by atoms with Crippen molar-refractivity contribution in [3.63, 3.8) is 0 Å². The van der Waals surface area contributed by atoms with Gasteiger partial charge >= 0.3 is 0 Å². The van der Waals surface area contributed by atoms with Gasteiger partial charge in [-0.25, -0.2) is 0 Å². The molecule has 32 heavy (non-hydrogen) atoms. The largest absolute Gasteiger partial charge is 0.486 e. The van der Waals surface area contributed by atoms with Crippen molar-refractivity contribution in [2.75, 3.05) is 37.7 Å². The minimum absolute atomic E-state index is 0.000385. The van der Waals surface area contributed by atoms with E-state index in [1.807, 2.05) is 24.8 Å². The summed E-state index contributed by atoms with van der Waals surface area (Å²) >= 11 is 0. The summed E-state index contributed by atoms with van der Waals surface area (Å²) in [6.45, 7) is 6.78. The van der Waals surface area contributed by atoms with Gasteiger partial charge in [-0.1, -0.05) is 20.3 Å². The number of nitrogens with one attached hydrogen (secondary N) is 1. The van der Waals surface area contributed by atoms with E-state index in [0.29, 0.717) is 30.4 Å². The quantitative estimate of drug-likeness (QED) is 0.729. The van der Waals surface area contributed by atoms with Crippen molar-refractivity contribution in [3.05, 3.63) is 18.2 Å². The van der Waals surface area contributed by atoms with Gasteiger partial charge in [0.1, 0.15) is 19.3 Å². The van der Waals surface area contributed by atoms with Crippen LogP contribution in [0.3, 0.4) is 0 Å². The van der Waals surface area contributed by atoms with Crippen LogP contribution in [0.25, 0.3) is 0 Å². The Morgan fingerprint density at radius 3 is 2.56 bits per heavy atom. The molecule has 0 aliphatic carbocycles. The highest BCUT2D eigenvalue weighted by molar-refractivity contribution is 6.01. The van der Waals surface area contributed by atoms with Gasteiger partial charge in [0.2, 0.25) is 17.7 Å². The molecule has 3 amide bonds. The van der Waals surface area contributed by atoms with E-state index in [9.17, 15) is 14.4 Å². The molecule has 3 atom stereocenters. The van der Waals surface area contributed by atoms with E-state index < -0.39 is 12.0 Å². The molecule has 0 bridgehead atoms. The number of benzene rings is 1. The van der Waals surface area contributed by atoms with Crippen molar-refractivity contribution in [2.45, 2.75) is 52.0 Å². The summed E-state index contributed by atoms with van der Waals surface area (Å²) in [6.07, 6.45) is 4.08. The number of anilines is 1. The van der Waals surface area contributed by atoms with Gasteiger partial charge in [0, 0.05) is 37.8 Å². The number of fused-ring (bicyclic) bond motifs is 1. The van der Waals surface area contributed by atoms with Gasteiger partial charge in [-0.3, -0.25) is 14.4 Å². The zero-order chi connectivity index (χ0) is 22.7. The maximum absolute atomic E-state index is 13.1. The molecule has 1 aromatic rings. The molecular weight excluding hydrogens is 410 g/mol. The monoisotopic (exact) mass is 443 g/mol. The Morgan fingerprint density at radius 1 is 1.12 bits per heavy atom. The van der Waals surface area contributed by atoms with Crippen molar-refractivity contribution in [2.24, 2.45) is 11.8 Å². The van der Waals surface area contributed by atoms with Gasteiger partial charge in [0.05, 0.1) is 5.92 Å². The standard InChI is InChI=1S/C24H33N3O5/c1-3-16(2)22(24(30)26-9-5-4-6-10-26)25-23(29)17-13-21(28)27(15-17)18-7-8-19-20(14-18)32-12-11-31-19/h7-8,14,16-17,22H,3-6,9-13,15H2,1-2H3,(H,25,29). The first-order chi connectivity index (χ1) is 15.5. The number of piperidine rings is 1. The SMILES string of the molecule is CCC(C)C(NC(=O)C1CC(=O)N(c2ccc3c(c2)OCCO3)C1)C(=O)N1CCCCC1. The summed E-state index contributed by atoms with van der Waals surface area (Å²) in [6, 6.07) is 4.84. The molecule has 0 spiro atoms. The molecule has 1 aromatic carbocycles. The number of amides is 3. The van der Waals surface area contributed by atoms with Crippen molar-refractivity contribution >= 4 is 23.4 Å². The molecule has 3 heterocycles. The van der Waals surface area contributed by atoms with Crippen LogP contribution in [0.2, 0.25) is 0 Å². The maximum Gasteiger partial charge on any atom is 0.245 e. The third kappa shape index (κ3) is 4.69. The van der Waals surface area contributed by atoms with E-state index >= 15 is 0 Å². The van der Waals surface area contributed by atoms with Gasteiger partial charge in [-0.15, -0.1) is 0 Å². The number of carbonyl (C=O) groups excluding carboxylic acids is 3. The average molecular weight is 444 g/mol. The average Bonchev–Trinajstić information content (AvgIpc) is 3.23. The number of likely N-dealkylation sites (tertiary alicyclic amines) is 1. The van der Waals surface area contributed by atoms with Crippen LogP contribution < -0.4 is 19.7 Å². The Hall–Kier alpha value is -2.77. The van der Waals surface area contributed by atoms with E-state index in [1.165, 1.54) is 0 Å². The summed E-state index contributed by atoms with van der Waals surface area (Å²) < 4.78 is 11.2. The molecule has 8 nitrogen and oxygen atoms in total. The number of rotatable bonds is 6. The molecule has 174 valence electrons. The number of hydrogen-bond acceptors (Lipinski definition) is 5. The van der Waals surface area contributed by atoms with Crippen molar-refractivity contribution in [3.8, 4) is 11.5 Å². The molecule has 1 N–H and O–H groups in total. The van der Waals surface area contributed by atoms with Crippen molar-refractivity contribution < 1.29 is 23.9 Å². The molecule has 0 aromatic heterocycles.